The fourth-order valence-electron chi connectivity index (χ4n) is 1.78. The van der Waals surface area contributed by atoms with E-state index in [0.717, 1.165) is 37.9 Å². The highest BCUT2D eigenvalue weighted by Crippen LogP contribution is 2.19. The molecule has 2 nitrogen and oxygen atoms in total. The Kier molecular flexibility index (Phi) is 5.69. The maximum absolute atomic E-state index is 9.82. The minimum Gasteiger partial charge on any atom is -0.501 e. The molecule has 1 unspecified atom stereocenters. The van der Waals surface area contributed by atoms with Crippen molar-refractivity contribution in [2.45, 2.75) is 58.0 Å². The fourth-order valence-corrected chi connectivity index (χ4v) is 1.78. The molecule has 1 rings (SSSR count). The second-order valence-electron chi connectivity index (χ2n) is 4.03. The van der Waals surface area contributed by atoms with Crippen molar-refractivity contribution in [2.75, 3.05) is 6.61 Å². The number of ether oxygens (including phenoxy) is 1. The van der Waals surface area contributed by atoms with Gasteiger partial charge < -0.3 is 9.84 Å². The summed E-state index contributed by atoms with van der Waals surface area (Å²) < 4.78 is 5.21. The summed E-state index contributed by atoms with van der Waals surface area (Å²) in [4.78, 5) is 0. The van der Waals surface area contributed by atoms with Crippen LogP contribution in [0.15, 0.2) is 11.8 Å². The lowest BCUT2D eigenvalue weighted by Gasteiger charge is -2.18. The Labute approximate surface area is 87.0 Å². The molecule has 1 N–H and O–H groups in total. The van der Waals surface area contributed by atoms with E-state index in [4.69, 9.17) is 4.74 Å². The predicted molar refractivity (Wildman–Crippen MR) is 58.0 cm³/mol. The van der Waals surface area contributed by atoms with Gasteiger partial charge in [0.2, 0.25) is 0 Å². The third-order valence-electron chi connectivity index (χ3n) is 2.72. The fraction of sp³-hybridized carbons (Fsp3) is 0.833. The van der Waals surface area contributed by atoms with Crippen molar-refractivity contribution in [2.24, 2.45) is 0 Å². The molecule has 0 fully saturated rings. The average molecular weight is 198 g/mol. The van der Waals surface area contributed by atoms with E-state index < -0.39 is 0 Å². The van der Waals surface area contributed by atoms with Gasteiger partial charge in [0, 0.05) is 0 Å². The van der Waals surface area contributed by atoms with E-state index in [2.05, 4.69) is 6.92 Å². The van der Waals surface area contributed by atoms with Gasteiger partial charge in [-0.15, -0.1) is 0 Å². The quantitative estimate of drug-likeness (QED) is 0.665. The first-order valence-electron chi connectivity index (χ1n) is 5.83. The highest BCUT2D eigenvalue weighted by Gasteiger charge is 2.13. The zero-order valence-electron chi connectivity index (χ0n) is 9.17. The van der Waals surface area contributed by atoms with E-state index in [1.165, 1.54) is 19.3 Å². The second-order valence-corrected chi connectivity index (χ2v) is 4.03. The van der Waals surface area contributed by atoms with Crippen LogP contribution in [0.1, 0.15) is 51.9 Å². The minimum atomic E-state index is -0.257. The van der Waals surface area contributed by atoms with Crippen LogP contribution in [0.3, 0.4) is 0 Å². The van der Waals surface area contributed by atoms with Crippen LogP contribution < -0.4 is 0 Å². The van der Waals surface area contributed by atoms with E-state index in [1.54, 1.807) is 6.26 Å². The van der Waals surface area contributed by atoms with Crippen molar-refractivity contribution in [1.82, 2.24) is 0 Å². The van der Waals surface area contributed by atoms with Crippen LogP contribution in [0.5, 0.6) is 0 Å². The standard InChI is InChI=1S/C12H22O2/c1-2-3-4-5-8-12(13)11-7-6-9-14-10-11/h10,12-13H,2-9H2,1H3. The van der Waals surface area contributed by atoms with Crippen molar-refractivity contribution in [3.8, 4) is 0 Å². The van der Waals surface area contributed by atoms with Gasteiger partial charge in [0.1, 0.15) is 0 Å². The van der Waals surface area contributed by atoms with Gasteiger partial charge >= 0.3 is 0 Å². The zero-order chi connectivity index (χ0) is 10.2. The largest absolute Gasteiger partial charge is 0.501 e. The number of hydrogen-bond acceptors (Lipinski definition) is 2. The van der Waals surface area contributed by atoms with E-state index in [-0.39, 0.29) is 6.10 Å². The van der Waals surface area contributed by atoms with Gasteiger partial charge in [0.15, 0.2) is 0 Å². The normalized spacial score (nSPS) is 18.6. The molecule has 0 aromatic rings. The Bertz CT molecular complexity index is 175. The number of aliphatic hydroxyl groups excluding tert-OH is 1. The molecule has 82 valence electrons. The lowest BCUT2D eigenvalue weighted by Crippen LogP contribution is -2.14. The Morgan fingerprint density at radius 2 is 2.29 bits per heavy atom. The molecule has 0 aliphatic carbocycles. The molecule has 0 aromatic carbocycles. The molecular formula is C12H22O2. The summed E-state index contributed by atoms with van der Waals surface area (Å²) in [7, 11) is 0. The molecule has 1 aliphatic rings. The van der Waals surface area contributed by atoms with Gasteiger partial charge in [-0.25, -0.2) is 0 Å². The third-order valence-corrected chi connectivity index (χ3v) is 2.72. The molecule has 0 aromatic heterocycles. The van der Waals surface area contributed by atoms with Crippen molar-refractivity contribution < 1.29 is 9.84 Å². The third kappa shape index (κ3) is 4.14. The average Bonchev–Trinajstić information content (AvgIpc) is 2.25. The van der Waals surface area contributed by atoms with Gasteiger partial charge in [-0.2, -0.15) is 0 Å². The smallest absolute Gasteiger partial charge is 0.0876 e. The SMILES string of the molecule is CCCCCCC(O)C1=COCCC1. The molecule has 0 saturated carbocycles. The van der Waals surface area contributed by atoms with Crippen LogP contribution in [0.2, 0.25) is 0 Å². The zero-order valence-corrected chi connectivity index (χ0v) is 9.17. The minimum absolute atomic E-state index is 0.257. The number of unbranched alkanes of at least 4 members (excludes halogenated alkanes) is 3. The van der Waals surface area contributed by atoms with Crippen molar-refractivity contribution >= 4 is 0 Å². The van der Waals surface area contributed by atoms with Crippen LogP contribution in [-0.2, 0) is 4.74 Å². The number of rotatable bonds is 6. The van der Waals surface area contributed by atoms with Gasteiger partial charge in [0.25, 0.3) is 0 Å². The molecule has 1 atom stereocenters. The summed E-state index contributed by atoms with van der Waals surface area (Å²) >= 11 is 0. The Morgan fingerprint density at radius 1 is 1.43 bits per heavy atom. The van der Waals surface area contributed by atoms with Crippen molar-refractivity contribution in [3.05, 3.63) is 11.8 Å². The topological polar surface area (TPSA) is 29.5 Å². The summed E-state index contributed by atoms with van der Waals surface area (Å²) in [5, 5.41) is 9.82. The van der Waals surface area contributed by atoms with Gasteiger partial charge in [0.05, 0.1) is 19.0 Å². The molecule has 0 spiro atoms. The maximum Gasteiger partial charge on any atom is 0.0876 e. The second kappa shape index (κ2) is 6.88. The molecule has 1 heterocycles. The van der Waals surface area contributed by atoms with E-state index in [0.29, 0.717) is 0 Å². The molecule has 14 heavy (non-hydrogen) atoms. The molecule has 0 bridgehead atoms. The Morgan fingerprint density at radius 3 is 2.93 bits per heavy atom. The highest BCUT2D eigenvalue weighted by atomic mass is 16.5. The van der Waals surface area contributed by atoms with Crippen LogP contribution >= 0.6 is 0 Å². The van der Waals surface area contributed by atoms with Crippen LogP contribution in [0.25, 0.3) is 0 Å². The Balaban J connectivity index is 2.13. The maximum atomic E-state index is 9.82. The van der Waals surface area contributed by atoms with Crippen molar-refractivity contribution in [3.63, 3.8) is 0 Å². The van der Waals surface area contributed by atoms with Gasteiger partial charge in [-0.05, 0) is 24.8 Å². The molecule has 0 amide bonds. The first-order valence-corrected chi connectivity index (χ1v) is 5.83. The summed E-state index contributed by atoms with van der Waals surface area (Å²) in [6, 6.07) is 0. The summed E-state index contributed by atoms with van der Waals surface area (Å²) in [6.07, 6.45) is 9.36. The lowest BCUT2D eigenvalue weighted by atomic mass is 9.99. The van der Waals surface area contributed by atoms with Crippen LogP contribution in [-0.4, -0.2) is 17.8 Å². The lowest BCUT2D eigenvalue weighted by molar-refractivity contribution is 0.160. The monoisotopic (exact) mass is 198 g/mol. The van der Waals surface area contributed by atoms with E-state index >= 15 is 0 Å². The summed E-state index contributed by atoms with van der Waals surface area (Å²) in [5.74, 6) is 0. The predicted octanol–water partition coefficient (Wildman–Crippen LogP) is 3.01. The molecule has 0 saturated heterocycles. The molecule has 1 aliphatic heterocycles. The van der Waals surface area contributed by atoms with Gasteiger partial charge in [-0.1, -0.05) is 32.6 Å². The highest BCUT2D eigenvalue weighted by molar-refractivity contribution is 5.06. The van der Waals surface area contributed by atoms with Crippen molar-refractivity contribution in [1.29, 1.82) is 0 Å². The molecule has 0 radical (unpaired) electrons. The van der Waals surface area contributed by atoms with E-state index in [1.807, 2.05) is 0 Å². The number of aliphatic hydroxyl groups is 1. The first kappa shape index (κ1) is 11.6. The Hall–Kier alpha value is -0.500. The van der Waals surface area contributed by atoms with E-state index in [9.17, 15) is 5.11 Å². The summed E-state index contributed by atoms with van der Waals surface area (Å²) in [5.41, 5.74) is 1.09. The molecular weight excluding hydrogens is 176 g/mol. The van der Waals surface area contributed by atoms with Crippen LogP contribution in [0.4, 0.5) is 0 Å². The molecule has 2 heteroatoms. The summed E-state index contributed by atoms with van der Waals surface area (Å²) in [6.45, 7) is 3.01. The van der Waals surface area contributed by atoms with Gasteiger partial charge in [-0.3, -0.25) is 0 Å². The number of hydrogen-bond donors (Lipinski definition) is 1. The van der Waals surface area contributed by atoms with Crippen LogP contribution in [0, 0.1) is 0 Å². The first-order chi connectivity index (χ1) is 6.84.